The third-order valence-corrected chi connectivity index (χ3v) is 8.05. The van der Waals surface area contributed by atoms with Gasteiger partial charge in [-0.3, -0.25) is 9.78 Å². The van der Waals surface area contributed by atoms with E-state index >= 15 is 0 Å². The van der Waals surface area contributed by atoms with Crippen molar-refractivity contribution in [3.63, 3.8) is 0 Å². The normalized spacial score (nSPS) is 16.8. The number of fused-ring (bicyclic) bond motifs is 1. The number of pyridine rings is 1. The predicted octanol–water partition coefficient (Wildman–Crippen LogP) is 7.46. The minimum Gasteiger partial charge on any atom is -0.459 e. The van der Waals surface area contributed by atoms with Crippen LogP contribution in [-0.4, -0.2) is 27.4 Å². The zero-order valence-corrected chi connectivity index (χ0v) is 23.4. The third kappa shape index (κ3) is 5.06. The summed E-state index contributed by atoms with van der Waals surface area (Å²) in [5, 5.41) is 9.81. The summed E-state index contributed by atoms with van der Waals surface area (Å²) in [5.74, 6) is 1.36. The Morgan fingerprint density at radius 3 is 2.67 bits per heavy atom. The molecule has 40 heavy (non-hydrogen) atoms. The summed E-state index contributed by atoms with van der Waals surface area (Å²) in [6.45, 7) is 2.38. The number of carbonyl (C=O) groups is 1. The number of anilines is 1. The first-order chi connectivity index (χ1) is 19.5. The monoisotopic (exact) mass is 566 g/mol. The van der Waals surface area contributed by atoms with E-state index < -0.39 is 0 Å². The van der Waals surface area contributed by atoms with Crippen molar-refractivity contribution >= 4 is 51.3 Å². The van der Waals surface area contributed by atoms with Crippen LogP contribution in [0.3, 0.4) is 0 Å². The van der Waals surface area contributed by atoms with Crippen molar-refractivity contribution in [2.24, 2.45) is 0 Å². The molecule has 1 fully saturated rings. The van der Waals surface area contributed by atoms with Gasteiger partial charge in [0.2, 0.25) is 5.91 Å². The van der Waals surface area contributed by atoms with E-state index in [1.807, 2.05) is 103 Å². The maximum atomic E-state index is 13.1. The molecule has 2 N–H and O–H groups in total. The lowest BCUT2D eigenvalue weighted by Crippen LogP contribution is -2.32. The average Bonchev–Trinajstić information content (AvgIpc) is 3.58. The molecule has 0 saturated carbocycles. The molecule has 6 rings (SSSR count). The van der Waals surface area contributed by atoms with Gasteiger partial charge < -0.3 is 20.0 Å². The lowest BCUT2D eigenvalue weighted by Gasteiger charge is -2.26. The highest BCUT2D eigenvalue weighted by Crippen LogP contribution is 2.41. The first-order valence-corrected chi connectivity index (χ1v) is 13.9. The number of hydrogen-bond donors (Lipinski definition) is 2. The summed E-state index contributed by atoms with van der Waals surface area (Å²) < 4.78 is 6.44. The molecular formula is C32H27ClN4O2S. The maximum absolute atomic E-state index is 13.1. The van der Waals surface area contributed by atoms with Gasteiger partial charge in [-0.2, -0.15) is 0 Å². The van der Waals surface area contributed by atoms with E-state index in [1.54, 1.807) is 6.20 Å². The highest BCUT2D eigenvalue weighted by atomic mass is 35.5. The SMILES string of the molecule is Cc1c(Cl)cccc1-c1ccc([C@@H]2[C@@H](c3ccccn3)NC(=S)N2CCC(=O)Nc2cccc3ccccc23)o1. The Bertz CT molecular complexity index is 1700. The summed E-state index contributed by atoms with van der Waals surface area (Å²) in [7, 11) is 0. The number of nitrogens with zero attached hydrogens (tertiary/aromatic N) is 2. The summed E-state index contributed by atoms with van der Waals surface area (Å²) >= 11 is 12.2. The summed E-state index contributed by atoms with van der Waals surface area (Å²) in [6, 6.07) is 28.9. The van der Waals surface area contributed by atoms with Gasteiger partial charge in [0.05, 0.1) is 11.7 Å². The summed E-state index contributed by atoms with van der Waals surface area (Å²) in [5.41, 5.74) is 3.52. The van der Waals surface area contributed by atoms with Crippen LogP contribution in [0.2, 0.25) is 5.02 Å². The molecule has 1 aliphatic heterocycles. The highest BCUT2D eigenvalue weighted by Gasteiger charge is 2.41. The van der Waals surface area contributed by atoms with Gasteiger partial charge in [0.25, 0.3) is 0 Å². The van der Waals surface area contributed by atoms with Gasteiger partial charge in [-0.05, 0) is 66.5 Å². The lowest BCUT2D eigenvalue weighted by molar-refractivity contribution is -0.116. The standard InChI is InChI=1S/C32H27ClN4O2S/c1-20-22(11-7-12-24(20)33)27-15-16-28(39-27)31-30(26-13-4-5-18-34-26)36-32(40)37(31)19-17-29(38)35-25-14-6-9-21-8-2-3-10-23(21)25/h2-16,18,30-31H,17,19H2,1H3,(H,35,38)(H,36,40)/t30-,31-/m1/s1. The predicted molar refractivity (Wildman–Crippen MR) is 163 cm³/mol. The fourth-order valence-electron chi connectivity index (χ4n) is 5.26. The zero-order valence-electron chi connectivity index (χ0n) is 21.8. The number of benzene rings is 3. The molecule has 0 spiro atoms. The van der Waals surface area contributed by atoms with Gasteiger partial charge in [0.1, 0.15) is 17.6 Å². The molecule has 3 aromatic carbocycles. The van der Waals surface area contributed by atoms with Gasteiger partial charge in [-0.25, -0.2) is 0 Å². The van der Waals surface area contributed by atoms with Crippen molar-refractivity contribution < 1.29 is 9.21 Å². The molecule has 1 amide bonds. The van der Waals surface area contributed by atoms with Crippen LogP contribution in [0.1, 0.15) is 35.5 Å². The molecule has 0 bridgehead atoms. The molecule has 6 nitrogen and oxygen atoms in total. The van der Waals surface area contributed by atoms with Crippen molar-refractivity contribution in [1.29, 1.82) is 0 Å². The van der Waals surface area contributed by atoms with Gasteiger partial charge in [-0.1, -0.05) is 66.2 Å². The highest BCUT2D eigenvalue weighted by molar-refractivity contribution is 7.80. The molecule has 200 valence electrons. The van der Waals surface area contributed by atoms with E-state index in [0.29, 0.717) is 16.7 Å². The minimum atomic E-state index is -0.291. The first-order valence-electron chi connectivity index (χ1n) is 13.1. The summed E-state index contributed by atoms with van der Waals surface area (Å²) in [6.07, 6.45) is 2.01. The van der Waals surface area contributed by atoms with Crippen LogP contribution in [-0.2, 0) is 4.79 Å². The number of furan rings is 1. The molecule has 0 aliphatic carbocycles. The minimum absolute atomic E-state index is 0.0890. The van der Waals surface area contributed by atoms with Crippen molar-refractivity contribution in [2.75, 3.05) is 11.9 Å². The fraction of sp³-hybridized carbons (Fsp3) is 0.156. The van der Waals surface area contributed by atoms with E-state index in [2.05, 4.69) is 15.6 Å². The quantitative estimate of drug-likeness (QED) is 0.199. The van der Waals surface area contributed by atoms with Crippen molar-refractivity contribution in [3.8, 4) is 11.3 Å². The smallest absolute Gasteiger partial charge is 0.226 e. The van der Waals surface area contributed by atoms with E-state index in [4.69, 9.17) is 28.2 Å². The molecular weight excluding hydrogens is 540 g/mol. The Labute approximate surface area is 243 Å². The molecule has 8 heteroatoms. The number of carbonyl (C=O) groups excluding carboxylic acids is 1. The van der Waals surface area contributed by atoms with Crippen molar-refractivity contribution in [3.05, 3.63) is 119 Å². The van der Waals surface area contributed by atoms with E-state index in [0.717, 1.165) is 44.8 Å². The van der Waals surface area contributed by atoms with Gasteiger partial charge in [0, 0.05) is 40.8 Å². The molecule has 2 atom stereocenters. The maximum Gasteiger partial charge on any atom is 0.226 e. The Morgan fingerprint density at radius 1 is 1.02 bits per heavy atom. The Hall–Kier alpha value is -4.20. The van der Waals surface area contributed by atoms with Crippen LogP contribution in [0.4, 0.5) is 5.69 Å². The van der Waals surface area contributed by atoms with Crippen molar-refractivity contribution in [2.45, 2.75) is 25.4 Å². The number of hydrogen-bond acceptors (Lipinski definition) is 4. The topological polar surface area (TPSA) is 70.4 Å². The van der Waals surface area contributed by atoms with Crippen LogP contribution < -0.4 is 10.6 Å². The number of amides is 1. The van der Waals surface area contributed by atoms with E-state index in [9.17, 15) is 4.79 Å². The second-order valence-electron chi connectivity index (χ2n) is 9.76. The number of thiocarbonyl (C=S) groups is 1. The van der Waals surface area contributed by atoms with Crippen LogP contribution >= 0.6 is 23.8 Å². The van der Waals surface area contributed by atoms with Gasteiger partial charge >= 0.3 is 0 Å². The largest absolute Gasteiger partial charge is 0.459 e. The second-order valence-corrected chi connectivity index (χ2v) is 10.6. The average molecular weight is 567 g/mol. The van der Waals surface area contributed by atoms with Crippen LogP contribution in [0.25, 0.3) is 22.1 Å². The van der Waals surface area contributed by atoms with Gasteiger partial charge in [-0.15, -0.1) is 0 Å². The fourth-order valence-corrected chi connectivity index (χ4v) is 5.76. The molecule has 5 aromatic rings. The number of rotatable bonds is 7. The molecule has 0 radical (unpaired) electrons. The number of halogens is 1. The third-order valence-electron chi connectivity index (χ3n) is 7.29. The Kier molecular flexibility index (Phi) is 7.24. The first kappa shape index (κ1) is 26.0. The molecule has 0 unspecified atom stereocenters. The van der Waals surface area contributed by atoms with Gasteiger partial charge in [0.15, 0.2) is 5.11 Å². The Balaban J connectivity index is 1.27. The van der Waals surface area contributed by atoms with Crippen LogP contribution in [0, 0.1) is 6.92 Å². The lowest BCUT2D eigenvalue weighted by atomic mass is 10.0. The molecule has 2 aromatic heterocycles. The number of aromatic nitrogens is 1. The van der Waals surface area contributed by atoms with Crippen LogP contribution in [0.5, 0.6) is 0 Å². The molecule has 1 aliphatic rings. The van der Waals surface area contributed by atoms with E-state index in [-0.39, 0.29) is 24.4 Å². The van der Waals surface area contributed by atoms with Crippen molar-refractivity contribution in [1.82, 2.24) is 15.2 Å². The molecule has 3 heterocycles. The Morgan fingerprint density at radius 2 is 1.82 bits per heavy atom. The summed E-state index contributed by atoms with van der Waals surface area (Å²) in [4.78, 5) is 19.7. The van der Waals surface area contributed by atoms with Crippen LogP contribution in [0.15, 0.2) is 102 Å². The molecule has 1 saturated heterocycles. The second kappa shape index (κ2) is 11.1. The zero-order chi connectivity index (χ0) is 27.6. The number of nitrogens with one attached hydrogen (secondary N) is 2. The van der Waals surface area contributed by atoms with E-state index in [1.165, 1.54) is 0 Å².